The Morgan fingerprint density at radius 1 is 1.17 bits per heavy atom. The summed E-state index contributed by atoms with van der Waals surface area (Å²) in [7, 11) is 0. The fourth-order valence-corrected chi connectivity index (χ4v) is 3.72. The van der Waals surface area contributed by atoms with Gasteiger partial charge in [-0.2, -0.15) is 5.26 Å². The first-order chi connectivity index (χ1) is 14.5. The molecule has 10 heteroatoms. The number of carbonyl (C=O) groups excluding carboxylic acids is 3. The second kappa shape index (κ2) is 7.79. The molecule has 1 aromatic carbocycles. The van der Waals surface area contributed by atoms with Crippen LogP contribution in [0.4, 0.5) is 16.4 Å². The van der Waals surface area contributed by atoms with Gasteiger partial charge in [-0.1, -0.05) is 12.1 Å². The van der Waals surface area contributed by atoms with E-state index in [0.29, 0.717) is 43.1 Å². The maximum atomic E-state index is 13.0. The Balaban J connectivity index is 1.41. The highest BCUT2D eigenvalue weighted by atomic mass is 16.2. The van der Waals surface area contributed by atoms with E-state index in [9.17, 15) is 14.4 Å². The summed E-state index contributed by atoms with van der Waals surface area (Å²) in [5, 5.41) is 14.5. The van der Waals surface area contributed by atoms with Crippen molar-refractivity contribution in [2.45, 2.75) is 18.4 Å². The number of hydrogen-bond acceptors (Lipinski definition) is 7. The molecule has 152 valence electrons. The van der Waals surface area contributed by atoms with Gasteiger partial charge < -0.3 is 15.5 Å². The molecule has 4 rings (SSSR count). The van der Waals surface area contributed by atoms with Gasteiger partial charge in [0.05, 0.1) is 11.3 Å². The molecule has 0 atom stereocenters. The number of nitriles is 1. The van der Waals surface area contributed by atoms with Gasteiger partial charge in [-0.3, -0.25) is 14.5 Å². The van der Waals surface area contributed by atoms with Crippen LogP contribution in [0.25, 0.3) is 0 Å². The Morgan fingerprint density at radius 3 is 2.57 bits per heavy atom. The van der Waals surface area contributed by atoms with Crippen LogP contribution in [-0.2, 0) is 9.59 Å². The molecule has 30 heavy (non-hydrogen) atoms. The first kappa shape index (κ1) is 19.3. The Kier molecular flexibility index (Phi) is 5.02. The molecule has 0 aliphatic carbocycles. The predicted octanol–water partition coefficient (Wildman–Crippen LogP) is 0.878. The highest BCUT2D eigenvalue weighted by Crippen LogP contribution is 2.30. The number of rotatable bonds is 4. The molecule has 0 bridgehead atoms. The lowest BCUT2D eigenvalue weighted by Gasteiger charge is -2.37. The van der Waals surface area contributed by atoms with E-state index in [0.717, 1.165) is 4.90 Å². The molecule has 2 aliphatic rings. The number of piperidine rings is 1. The molecule has 2 N–H and O–H groups in total. The van der Waals surface area contributed by atoms with Crippen molar-refractivity contribution >= 4 is 29.5 Å². The lowest BCUT2D eigenvalue weighted by atomic mass is 9.87. The van der Waals surface area contributed by atoms with E-state index < -0.39 is 29.9 Å². The van der Waals surface area contributed by atoms with Crippen LogP contribution in [0.1, 0.15) is 18.4 Å². The minimum absolute atomic E-state index is 0.301. The third kappa shape index (κ3) is 3.53. The van der Waals surface area contributed by atoms with Crippen molar-refractivity contribution in [2.24, 2.45) is 0 Å². The Labute approximate surface area is 172 Å². The lowest BCUT2D eigenvalue weighted by molar-refractivity contribution is -0.134. The van der Waals surface area contributed by atoms with Crippen molar-refractivity contribution in [1.82, 2.24) is 20.2 Å². The zero-order chi connectivity index (χ0) is 21.1. The maximum Gasteiger partial charge on any atom is 0.325 e. The zero-order valence-electron chi connectivity index (χ0n) is 16.0. The number of aromatic nitrogens is 2. The van der Waals surface area contributed by atoms with Crippen molar-refractivity contribution in [1.29, 1.82) is 5.26 Å². The first-order valence-corrected chi connectivity index (χ1v) is 9.47. The Morgan fingerprint density at radius 2 is 1.87 bits per heavy atom. The third-order valence-corrected chi connectivity index (χ3v) is 5.32. The molecule has 1 spiro atoms. The van der Waals surface area contributed by atoms with Crippen LogP contribution >= 0.6 is 0 Å². The van der Waals surface area contributed by atoms with E-state index in [4.69, 9.17) is 5.26 Å². The van der Waals surface area contributed by atoms with Crippen LogP contribution < -0.4 is 15.5 Å². The van der Waals surface area contributed by atoms with Crippen molar-refractivity contribution in [3.63, 3.8) is 0 Å². The predicted molar refractivity (Wildman–Crippen MR) is 106 cm³/mol. The lowest BCUT2D eigenvalue weighted by Crippen LogP contribution is -2.55. The van der Waals surface area contributed by atoms with Crippen molar-refractivity contribution in [3.8, 4) is 6.07 Å². The Hall–Kier alpha value is -4.00. The number of hydrogen-bond donors (Lipinski definition) is 2. The summed E-state index contributed by atoms with van der Waals surface area (Å²) in [4.78, 5) is 49.2. The summed E-state index contributed by atoms with van der Waals surface area (Å²) in [6.07, 6.45) is 4.09. The smallest absolute Gasteiger partial charge is 0.325 e. The van der Waals surface area contributed by atoms with E-state index >= 15 is 0 Å². The number of nitrogens with one attached hydrogen (secondary N) is 2. The molecule has 3 heterocycles. The van der Waals surface area contributed by atoms with Crippen LogP contribution in [0.5, 0.6) is 0 Å². The van der Waals surface area contributed by atoms with E-state index in [1.807, 2.05) is 11.0 Å². The fourth-order valence-electron chi connectivity index (χ4n) is 3.72. The number of urea groups is 1. The summed E-state index contributed by atoms with van der Waals surface area (Å²) >= 11 is 0. The van der Waals surface area contributed by atoms with Gasteiger partial charge in [-0.25, -0.2) is 14.8 Å². The Bertz CT molecular complexity index is 1030. The number of anilines is 2. The second-order valence-corrected chi connectivity index (χ2v) is 7.14. The van der Waals surface area contributed by atoms with Gasteiger partial charge >= 0.3 is 6.03 Å². The summed E-state index contributed by atoms with van der Waals surface area (Å²) in [5.74, 6) is -0.380. The van der Waals surface area contributed by atoms with Crippen LogP contribution in [-0.4, -0.2) is 57.9 Å². The van der Waals surface area contributed by atoms with Gasteiger partial charge in [0.1, 0.15) is 18.2 Å². The highest BCUT2D eigenvalue weighted by Gasteiger charge is 2.52. The number of imide groups is 1. The minimum atomic E-state index is -1.02. The molecule has 2 fully saturated rings. The molecule has 1 aromatic heterocycles. The van der Waals surface area contributed by atoms with Crippen LogP contribution in [0.3, 0.4) is 0 Å². The van der Waals surface area contributed by atoms with Crippen molar-refractivity contribution < 1.29 is 14.4 Å². The number of benzene rings is 1. The van der Waals surface area contributed by atoms with Crippen LogP contribution in [0.2, 0.25) is 0 Å². The molecular formula is C20H19N7O3. The van der Waals surface area contributed by atoms with Gasteiger partial charge in [0.2, 0.25) is 11.9 Å². The van der Waals surface area contributed by atoms with E-state index in [2.05, 4.69) is 20.6 Å². The van der Waals surface area contributed by atoms with Gasteiger partial charge in [-0.05, 0) is 31.0 Å². The largest absolute Gasteiger partial charge is 0.341 e. The number of nitrogens with zero attached hydrogens (tertiary/aromatic N) is 5. The SMILES string of the molecule is N#Cc1ccccc1NC(=O)CN1C(=O)NC2(CCN(c3ncccn3)CC2)C1=O. The number of para-hydroxylation sites is 1. The fraction of sp³-hybridized carbons (Fsp3) is 0.300. The summed E-state index contributed by atoms with van der Waals surface area (Å²) in [6, 6.07) is 9.65. The average Bonchev–Trinajstić information content (AvgIpc) is 2.99. The molecule has 0 radical (unpaired) electrons. The topological polar surface area (TPSA) is 131 Å². The van der Waals surface area contributed by atoms with Gasteiger partial charge in [-0.15, -0.1) is 0 Å². The molecule has 2 aromatic rings. The van der Waals surface area contributed by atoms with Crippen LogP contribution in [0, 0.1) is 11.3 Å². The van der Waals surface area contributed by atoms with E-state index in [-0.39, 0.29) is 0 Å². The molecular weight excluding hydrogens is 386 g/mol. The summed E-state index contributed by atoms with van der Waals surface area (Å²) < 4.78 is 0. The quantitative estimate of drug-likeness (QED) is 0.722. The molecule has 2 saturated heterocycles. The highest BCUT2D eigenvalue weighted by molar-refractivity contribution is 6.10. The van der Waals surface area contributed by atoms with Gasteiger partial charge in [0.15, 0.2) is 0 Å². The number of amides is 4. The normalized spacial score (nSPS) is 17.6. The third-order valence-electron chi connectivity index (χ3n) is 5.32. The van der Waals surface area contributed by atoms with E-state index in [1.165, 1.54) is 0 Å². The zero-order valence-corrected chi connectivity index (χ0v) is 16.0. The molecule has 4 amide bonds. The monoisotopic (exact) mass is 405 g/mol. The molecule has 0 unspecified atom stereocenters. The molecule has 10 nitrogen and oxygen atoms in total. The van der Waals surface area contributed by atoms with Crippen molar-refractivity contribution in [2.75, 3.05) is 29.9 Å². The molecule has 2 aliphatic heterocycles. The second-order valence-electron chi connectivity index (χ2n) is 7.14. The number of carbonyl (C=O) groups is 3. The molecule has 0 saturated carbocycles. The van der Waals surface area contributed by atoms with E-state index in [1.54, 1.807) is 42.7 Å². The summed E-state index contributed by atoms with van der Waals surface area (Å²) in [5.41, 5.74) is -0.384. The standard InChI is InChI=1S/C20H19N7O3/c21-12-14-4-1-2-5-15(14)24-16(28)13-27-17(29)20(25-19(27)30)6-10-26(11-7-20)18-22-8-3-9-23-18/h1-5,8-9H,6-7,10-11,13H2,(H,24,28)(H,25,30). The average molecular weight is 405 g/mol. The first-order valence-electron chi connectivity index (χ1n) is 9.47. The van der Waals surface area contributed by atoms with Crippen LogP contribution in [0.15, 0.2) is 42.7 Å². The maximum absolute atomic E-state index is 13.0. The van der Waals surface area contributed by atoms with Crippen molar-refractivity contribution in [3.05, 3.63) is 48.3 Å². The minimum Gasteiger partial charge on any atom is -0.341 e. The van der Waals surface area contributed by atoms with Gasteiger partial charge in [0.25, 0.3) is 5.91 Å². The summed E-state index contributed by atoms with van der Waals surface area (Å²) in [6.45, 7) is 0.592. The van der Waals surface area contributed by atoms with Gasteiger partial charge in [0, 0.05) is 25.5 Å².